The van der Waals surface area contributed by atoms with Crippen molar-refractivity contribution in [2.75, 3.05) is 0 Å². The van der Waals surface area contributed by atoms with Crippen LogP contribution in [0.5, 0.6) is 0 Å². The van der Waals surface area contributed by atoms with Gasteiger partial charge in [-0.1, -0.05) is 60.9 Å². The summed E-state index contributed by atoms with van der Waals surface area (Å²) in [5, 5.41) is 8.28. The van der Waals surface area contributed by atoms with Crippen LogP contribution in [0.3, 0.4) is 0 Å². The maximum atomic E-state index is 13.9. The molecular weight excluding hydrogens is 434 g/mol. The standard InChI is InChI=1S/C29H31N5O/c1-20-10-8-11-22(18-20)27-26-16-9-17-32(26)28-25(19-33(27)29(35)30-23-12-6-7-13-23)21(2)31-34(28)24-14-4-3-5-15-24/h3-5,8-11,14-18,23,27H,6-7,12-13,19H2,1-2H3,(H,30,35)/t27-/m1/s1. The van der Waals surface area contributed by atoms with Crippen LogP contribution in [0.2, 0.25) is 0 Å². The fourth-order valence-electron chi connectivity index (χ4n) is 5.67. The third-order valence-corrected chi connectivity index (χ3v) is 7.39. The van der Waals surface area contributed by atoms with Crippen LogP contribution in [-0.2, 0) is 6.54 Å². The zero-order valence-electron chi connectivity index (χ0n) is 20.3. The van der Waals surface area contributed by atoms with E-state index in [4.69, 9.17) is 5.10 Å². The Morgan fingerprint density at radius 3 is 2.54 bits per heavy atom. The van der Waals surface area contributed by atoms with E-state index in [2.05, 4.69) is 71.5 Å². The van der Waals surface area contributed by atoms with Gasteiger partial charge in [0.05, 0.1) is 29.7 Å². The number of nitrogens with zero attached hydrogens (tertiary/aromatic N) is 4. The summed E-state index contributed by atoms with van der Waals surface area (Å²) < 4.78 is 4.23. The molecule has 6 nitrogen and oxygen atoms in total. The Balaban J connectivity index is 1.53. The summed E-state index contributed by atoms with van der Waals surface area (Å²) in [6, 6.07) is 23.0. The van der Waals surface area contributed by atoms with E-state index in [-0.39, 0.29) is 18.1 Å². The SMILES string of the molecule is Cc1cccc([C@@H]2c3cccn3-c3c(c(C)nn3-c3ccccc3)CN2C(=O)NC2CCCC2)c1. The average Bonchev–Trinajstić information content (AvgIpc) is 3.59. The Morgan fingerprint density at radius 1 is 0.971 bits per heavy atom. The largest absolute Gasteiger partial charge is 0.335 e. The third kappa shape index (κ3) is 3.83. The molecule has 0 spiro atoms. The van der Waals surface area contributed by atoms with Gasteiger partial charge in [0.2, 0.25) is 0 Å². The average molecular weight is 466 g/mol. The molecule has 1 atom stereocenters. The van der Waals surface area contributed by atoms with Gasteiger partial charge in [0.1, 0.15) is 5.82 Å². The molecule has 6 heteroatoms. The van der Waals surface area contributed by atoms with Crippen molar-refractivity contribution in [2.45, 2.75) is 58.2 Å². The molecule has 0 bridgehead atoms. The number of carbonyl (C=O) groups excluding carboxylic acids is 1. The summed E-state index contributed by atoms with van der Waals surface area (Å²) in [7, 11) is 0. The Hall–Kier alpha value is -3.80. The summed E-state index contributed by atoms with van der Waals surface area (Å²) in [6.45, 7) is 4.64. The van der Waals surface area contributed by atoms with Gasteiger partial charge in [0.15, 0.2) is 0 Å². The van der Waals surface area contributed by atoms with Gasteiger partial charge in [-0.2, -0.15) is 5.10 Å². The van der Waals surface area contributed by atoms with E-state index in [1.807, 2.05) is 34.7 Å². The van der Waals surface area contributed by atoms with Crippen molar-refractivity contribution in [1.82, 2.24) is 24.6 Å². The molecule has 2 aromatic heterocycles. The zero-order valence-corrected chi connectivity index (χ0v) is 20.3. The molecule has 2 amide bonds. The summed E-state index contributed by atoms with van der Waals surface area (Å²) in [6.07, 6.45) is 6.57. The van der Waals surface area contributed by atoms with E-state index < -0.39 is 0 Å². The van der Waals surface area contributed by atoms with Crippen LogP contribution in [0.15, 0.2) is 72.9 Å². The van der Waals surface area contributed by atoms with Crippen LogP contribution in [0.25, 0.3) is 11.5 Å². The highest BCUT2D eigenvalue weighted by atomic mass is 16.2. The first kappa shape index (κ1) is 21.7. The molecule has 1 fully saturated rings. The molecule has 4 aromatic rings. The van der Waals surface area contributed by atoms with E-state index in [0.29, 0.717) is 6.54 Å². The molecule has 178 valence electrons. The van der Waals surface area contributed by atoms with Gasteiger partial charge in [-0.3, -0.25) is 0 Å². The number of fused-ring (bicyclic) bond motifs is 3. The Bertz CT molecular complexity index is 1360. The topological polar surface area (TPSA) is 55.1 Å². The monoisotopic (exact) mass is 465 g/mol. The number of carbonyl (C=O) groups is 1. The van der Waals surface area contributed by atoms with Crippen molar-refractivity contribution in [2.24, 2.45) is 0 Å². The van der Waals surface area contributed by atoms with Crippen LogP contribution < -0.4 is 5.32 Å². The molecule has 3 heterocycles. The zero-order chi connectivity index (χ0) is 23.9. The Kier molecular flexibility index (Phi) is 5.44. The van der Waals surface area contributed by atoms with Gasteiger partial charge in [-0.15, -0.1) is 0 Å². The molecule has 0 unspecified atom stereocenters. The lowest BCUT2D eigenvalue weighted by atomic mass is 10.00. The number of rotatable bonds is 3. The van der Waals surface area contributed by atoms with Crippen LogP contribution in [0.1, 0.15) is 59.8 Å². The third-order valence-electron chi connectivity index (χ3n) is 7.39. The molecule has 1 aliphatic carbocycles. The van der Waals surface area contributed by atoms with Gasteiger partial charge in [-0.25, -0.2) is 9.48 Å². The molecule has 2 aromatic carbocycles. The summed E-state index contributed by atoms with van der Waals surface area (Å²) in [5.41, 5.74) is 6.38. The van der Waals surface area contributed by atoms with E-state index in [1.54, 1.807) is 0 Å². The number of aromatic nitrogens is 3. The molecule has 2 aliphatic rings. The lowest BCUT2D eigenvalue weighted by Gasteiger charge is -2.32. The molecule has 1 aliphatic heterocycles. The van der Waals surface area contributed by atoms with Crippen LogP contribution >= 0.6 is 0 Å². The van der Waals surface area contributed by atoms with E-state index >= 15 is 0 Å². The minimum absolute atomic E-state index is 0.00383. The first-order valence-corrected chi connectivity index (χ1v) is 12.6. The highest BCUT2D eigenvalue weighted by Crippen LogP contribution is 2.38. The Labute approximate surface area is 206 Å². The van der Waals surface area contributed by atoms with Crippen molar-refractivity contribution in [3.63, 3.8) is 0 Å². The molecule has 35 heavy (non-hydrogen) atoms. The fourth-order valence-corrected chi connectivity index (χ4v) is 5.67. The molecule has 1 saturated carbocycles. The van der Waals surface area contributed by atoms with Gasteiger partial charge in [0, 0.05) is 17.8 Å². The second-order valence-corrected chi connectivity index (χ2v) is 9.81. The molecule has 0 radical (unpaired) electrons. The van der Waals surface area contributed by atoms with Crippen molar-refractivity contribution in [1.29, 1.82) is 0 Å². The van der Waals surface area contributed by atoms with Gasteiger partial charge in [-0.05, 0) is 56.5 Å². The second-order valence-electron chi connectivity index (χ2n) is 9.81. The minimum Gasteiger partial charge on any atom is -0.335 e. The van der Waals surface area contributed by atoms with Gasteiger partial charge >= 0.3 is 6.03 Å². The number of urea groups is 1. The predicted molar refractivity (Wildman–Crippen MR) is 137 cm³/mol. The smallest absolute Gasteiger partial charge is 0.318 e. The van der Waals surface area contributed by atoms with Gasteiger partial charge < -0.3 is 14.8 Å². The highest BCUT2D eigenvalue weighted by Gasteiger charge is 2.36. The summed E-state index contributed by atoms with van der Waals surface area (Å²) in [4.78, 5) is 15.9. The maximum Gasteiger partial charge on any atom is 0.318 e. The molecule has 1 N–H and O–H groups in total. The van der Waals surface area contributed by atoms with Crippen molar-refractivity contribution < 1.29 is 4.79 Å². The maximum absolute atomic E-state index is 13.9. The number of hydrogen-bond acceptors (Lipinski definition) is 2. The number of nitrogens with one attached hydrogen (secondary N) is 1. The summed E-state index contributed by atoms with van der Waals surface area (Å²) >= 11 is 0. The number of hydrogen-bond donors (Lipinski definition) is 1. The second kappa shape index (κ2) is 8.77. The van der Waals surface area contributed by atoms with E-state index in [1.165, 1.54) is 18.4 Å². The fraction of sp³-hybridized carbons (Fsp3) is 0.310. The van der Waals surface area contributed by atoms with Crippen LogP contribution in [-0.4, -0.2) is 31.3 Å². The van der Waals surface area contributed by atoms with Crippen molar-refractivity contribution in [3.05, 3.63) is 101 Å². The quantitative estimate of drug-likeness (QED) is 0.413. The minimum atomic E-state index is -0.206. The molecular formula is C29H31N5O. The van der Waals surface area contributed by atoms with E-state index in [0.717, 1.165) is 46.9 Å². The lowest BCUT2D eigenvalue weighted by Crippen LogP contribution is -2.45. The molecule has 0 saturated heterocycles. The highest BCUT2D eigenvalue weighted by molar-refractivity contribution is 5.76. The summed E-state index contributed by atoms with van der Waals surface area (Å²) in [5.74, 6) is 1.00. The Morgan fingerprint density at radius 2 is 1.77 bits per heavy atom. The molecule has 6 rings (SSSR count). The first-order valence-electron chi connectivity index (χ1n) is 12.6. The number of benzene rings is 2. The van der Waals surface area contributed by atoms with Gasteiger partial charge in [0.25, 0.3) is 0 Å². The lowest BCUT2D eigenvalue weighted by molar-refractivity contribution is 0.176. The predicted octanol–water partition coefficient (Wildman–Crippen LogP) is 5.84. The van der Waals surface area contributed by atoms with Crippen molar-refractivity contribution in [3.8, 4) is 11.5 Å². The number of aryl methyl sites for hydroxylation is 2. The van der Waals surface area contributed by atoms with Crippen LogP contribution in [0, 0.1) is 13.8 Å². The van der Waals surface area contributed by atoms with Crippen LogP contribution in [0.4, 0.5) is 4.79 Å². The van der Waals surface area contributed by atoms with E-state index in [9.17, 15) is 4.79 Å². The van der Waals surface area contributed by atoms with Crippen molar-refractivity contribution >= 4 is 6.03 Å². The number of para-hydroxylation sites is 1. The first-order chi connectivity index (χ1) is 17.1. The number of amides is 2. The normalized spacial score (nSPS) is 17.7.